The number of pyridine rings is 1. The molecule has 2 aliphatic heterocycles. The van der Waals surface area contributed by atoms with Gasteiger partial charge >= 0.3 is 0 Å². The smallest absolute Gasteiger partial charge is 0.225 e. The minimum absolute atomic E-state index is 0.0887. The zero-order chi connectivity index (χ0) is 20.1. The minimum Gasteiger partial charge on any atom is -0.324 e. The molecule has 0 atom stereocenters. The summed E-state index contributed by atoms with van der Waals surface area (Å²) in [5, 5.41) is 3.13. The summed E-state index contributed by atoms with van der Waals surface area (Å²) in [7, 11) is 2.15. The van der Waals surface area contributed by atoms with Crippen LogP contribution in [0.3, 0.4) is 0 Å². The Bertz CT molecular complexity index is 817. The lowest BCUT2D eigenvalue weighted by Crippen LogP contribution is -2.45. The molecule has 0 bridgehead atoms. The van der Waals surface area contributed by atoms with Gasteiger partial charge in [0.15, 0.2) is 0 Å². The van der Waals surface area contributed by atoms with Crippen LogP contribution in [0.15, 0.2) is 42.7 Å². The van der Waals surface area contributed by atoms with Crippen LogP contribution < -0.4 is 5.32 Å². The lowest BCUT2D eigenvalue weighted by atomic mass is 9.99. The van der Waals surface area contributed by atoms with Crippen molar-refractivity contribution in [2.75, 3.05) is 51.6 Å². The molecule has 29 heavy (non-hydrogen) atoms. The van der Waals surface area contributed by atoms with Crippen molar-refractivity contribution < 1.29 is 4.79 Å². The van der Waals surface area contributed by atoms with Gasteiger partial charge in [-0.15, -0.1) is 0 Å². The summed E-state index contributed by atoms with van der Waals surface area (Å²) >= 11 is 0. The van der Waals surface area contributed by atoms with E-state index in [9.17, 15) is 4.79 Å². The first-order valence-electron chi connectivity index (χ1n) is 10.6. The standard InChI is InChI=1S/C23H31N5O/c1-26-11-13-27(14-12-26)10-8-23(29)25-22-16-24-15-20-18-28(9-7-21(20)22)17-19-5-3-2-4-6-19/h2-6,15-16H,7-14,17-18H2,1H3,(H,25,29). The molecule has 0 aliphatic carbocycles. The molecule has 1 amide bonds. The molecule has 6 heteroatoms. The number of anilines is 1. The molecule has 1 aromatic heterocycles. The number of amides is 1. The molecular weight excluding hydrogens is 362 g/mol. The second kappa shape index (κ2) is 9.48. The summed E-state index contributed by atoms with van der Waals surface area (Å²) in [5.74, 6) is 0.0887. The molecular formula is C23H31N5O. The fraction of sp³-hybridized carbons (Fsp3) is 0.478. The van der Waals surface area contributed by atoms with Crippen LogP contribution in [0.2, 0.25) is 0 Å². The van der Waals surface area contributed by atoms with Crippen LogP contribution in [0.1, 0.15) is 23.1 Å². The summed E-state index contributed by atoms with van der Waals surface area (Å²) in [6, 6.07) is 10.6. The van der Waals surface area contributed by atoms with E-state index in [2.05, 4.69) is 62.4 Å². The summed E-state index contributed by atoms with van der Waals surface area (Å²) in [6.45, 7) is 7.90. The van der Waals surface area contributed by atoms with Crippen LogP contribution in [0.5, 0.6) is 0 Å². The quantitative estimate of drug-likeness (QED) is 0.816. The van der Waals surface area contributed by atoms with Gasteiger partial charge in [-0.1, -0.05) is 30.3 Å². The van der Waals surface area contributed by atoms with Crippen molar-refractivity contribution >= 4 is 11.6 Å². The SMILES string of the molecule is CN1CCN(CCC(=O)Nc2cncc3c2CCN(Cc2ccccc2)C3)CC1. The van der Waals surface area contributed by atoms with E-state index in [1.165, 1.54) is 16.7 Å². The van der Waals surface area contributed by atoms with Crippen LogP contribution >= 0.6 is 0 Å². The highest BCUT2D eigenvalue weighted by Crippen LogP contribution is 2.26. The number of carbonyl (C=O) groups excluding carboxylic acids is 1. The number of nitrogens with zero attached hydrogens (tertiary/aromatic N) is 4. The fourth-order valence-corrected chi connectivity index (χ4v) is 4.18. The normalized spacial score (nSPS) is 18.4. The summed E-state index contributed by atoms with van der Waals surface area (Å²) in [4.78, 5) is 24.1. The third-order valence-corrected chi connectivity index (χ3v) is 5.99. The average Bonchev–Trinajstić information content (AvgIpc) is 2.74. The third-order valence-electron chi connectivity index (χ3n) is 5.99. The Morgan fingerprint density at radius 2 is 1.83 bits per heavy atom. The average molecular weight is 394 g/mol. The van der Waals surface area contributed by atoms with Gasteiger partial charge in [0, 0.05) is 65.0 Å². The van der Waals surface area contributed by atoms with Crippen LogP contribution in [-0.4, -0.2) is 71.9 Å². The molecule has 6 nitrogen and oxygen atoms in total. The van der Waals surface area contributed by atoms with E-state index in [0.29, 0.717) is 6.42 Å². The third kappa shape index (κ3) is 5.41. The molecule has 0 unspecified atom stereocenters. The van der Waals surface area contributed by atoms with Gasteiger partial charge in [0.05, 0.1) is 11.9 Å². The molecule has 0 radical (unpaired) electrons. The maximum absolute atomic E-state index is 12.5. The lowest BCUT2D eigenvalue weighted by Gasteiger charge is -2.32. The van der Waals surface area contributed by atoms with Crippen molar-refractivity contribution in [2.24, 2.45) is 0 Å². The molecule has 2 aliphatic rings. The first kappa shape index (κ1) is 20.0. The lowest BCUT2D eigenvalue weighted by molar-refractivity contribution is -0.116. The summed E-state index contributed by atoms with van der Waals surface area (Å²) < 4.78 is 0. The predicted molar refractivity (Wildman–Crippen MR) is 116 cm³/mol. The van der Waals surface area contributed by atoms with E-state index in [0.717, 1.165) is 64.5 Å². The molecule has 0 saturated carbocycles. The first-order chi connectivity index (χ1) is 14.2. The van der Waals surface area contributed by atoms with Crippen LogP contribution in [0.25, 0.3) is 0 Å². The Hall–Kier alpha value is -2.28. The Morgan fingerprint density at radius 1 is 1.03 bits per heavy atom. The number of fused-ring (bicyclic) bond motifs is 1. The van der Waals surface area contributed by atoms with Gasteiger partial charge in [0.1, 0.15) is 0 Å². The van der Waals surface area contributed by atoms with Crippen molar-refractivity contribution in [3.05, 3.63) is 59.4 Å². The zero-order valence-corrected chi connectivity index (χ0v) is 17.3. The van der Waals surface area contributed by atoms with Crippen molar-refractivity contribution in [2.45, 2.75) is 25.9 Å². The monoisotopic (exact) mass is 393 g/mol. The van der Waals surface area contributed by atoms with Crippen molar-refractivity contribution in [3.63, 3.8) is 0 Å². The number of carbonyl (C=O) groups is 1. The Morgan fingerprint density at radius 3 is 2.62 bits per heavy atom. The number of hydrogen-bond acceptors (Lipinski definition) is 5. The molecule has 154 valence electrons. The molecule has 3 heterocycles. The highest BCUT2D eigenvalue weighted by molar-refractivity contribution is 5.91. The van der Waals surface area contributed by atoms with E-state index in [-0.39, 0.29) is 5.91 Å². The van der Waals surface area contributed by atoms with Gasteiger partial charge in [-0.25, -0.2) is 0 Å². The highest BCUT2D eigenvalue weighted by Gasteiger charge is 2.21. The summed E-state index contributed by atoms with van der Waals surface area (Å²) in [6.07, 6.45) is 5.23. The molecule has 1 N–H and O–H groups in total. The molecule has 0 spiro atoms. The molecule has 1 aromatic carbocycles. The Labute approximate surface area is 173 Å². The number of rotatable bonds is 6. The fourth-order valence-electron chi connectivity index (χ4n) is 4.18. The van der Waals surface area contributed by atoms with Gasteiger partial charge in [0.2, 0.25) is 5.91 Å². The molecule has 1 saturated heterocycles. The number of aromatic nitrogens is 1. The first-order valence-corrected chi connectivity index (χ1v) is 10.6. The largest absolute Gasteiger partial charge is 0.324 e. The van der Waals surface area contributed by atoms with Crippen LogP contribution in [0.4, 0.5) is 5.69 Å². The highest BCUT2D eigenvalue weighted by atomic mass is 16.1. The van der Waals surface area contributed by atoms with Crippen molar-refractivity contribution in [1.82, 2.24) is 19.7 Å². The minimum atomic E-state index is 0.0887. The van der Waals surface area contributed by atoms with Gasteiger partial charge in [-0.3, -0.25) is 14.7 Å². The molecule has 4 rings (SSSR count). The number of piperazine rings is 1. The number of hydrogen-bond donors (Lipinski definition) is 1. The number of likely N-dealkylation sites (N-methyl/N-ethyl adjacent to an activating group) is 1. The zero-order valence-electron chi connectivity index (χ0n) is 17.3. The predicted octanol–water partition coefficient (Wildman–Crippen LogP) is 2.22. The second-order valence-electron chi connectivity index (χ2n) is 8.21. The van der Waals surface area contributed by atoms with E-state index in [1.54, 1.807) is 6.20 Å². The maximum atomic E-state index is 12.5. The van der Waals surface area contributed by atoms with Gasteiger partial charge in [-0.05, 0) is 30.2 Å². The Balaban J connectivity index is 1.32. The molecule has 1 fully saturated rings. The Kier molecular flexibility index (Phi) is 6.54. The van der Waals surface area contributed by atoms with Crippen molar-refractivity contribution in [1.29, 1.82) is 0 Å². The number of benzene rings is 1. The van der Waals surface area contributed by atoms with E-state index in [4.69, 9.17) is 0 Å². The van der Waals surface area contributed by atoms with Crippen LogP contribution in [-0.2, 0) is 24.3 Å². The second-order valence-corrected chi connectivity index (χ2v) is 8.21. The van der Waals surface area contributed by atoms with E-state index >= 15 is 0 Å². The maximum Gasteiger partial charge on any atom is 0.225 e. The van der Waals surface area contributed by atoms with Gasteiger partial charge in [0.25, 0.3) is 0 Å². The van der Waals surface area contributed by atoms with Gasteiger partial charge < -0.3 is 15.1 Å². The van der Waals surface area contributed by atoms with Crippen LogP contribution in [0, 0.1) is 0 Å². The topological polar surface area (TPSA) is 51.7 Å². The van der Waals surface area contributed by atoms with E-state index in [1.807, 2.05) is 6.20 Å². The summed E-state index contributed by atoms with van der Waals surface area (Å²) in [5.41, 5.74) is 4.70. The van der Waals surface area contributed by atoms with Gasteiger partial charge in [-0.2, -0.15) is 0 Å². The molecule has 2 aromatic rings. The number of nitrogens with one attached hydrogen (secondary N) is 1. The van der Waals surface area contributed by atoms with Crippen molar-refractivity contribution in [3.8, 4) is 0 Å². The van der Waals surface area contributed by atoms with E-state index < -0.39 is 0 Å².